The van der Waals surface area contributed by atoms with Gasteiger partial charge in [-0.3, -0.25) is 4.99 Å². The van der Waals surface area contributed by atoms with Crippen molar-refractivity contribution in [1.82, 2.24) is 15.2 Å². The van der Waals surface area contributed by atoms with Crippen molar-refractivity contribution in [3.8, 4) is 5.75 Å². The first-order valence-electron chi connectivity index (χ1n) is 8.26. The number of anilines is 1. The smallest absolute Gasteiger partial charge is 0.194 e. The van der Waals surface area contributed by atoms with E-state index in [1.54, 1.807) is 19.3 Å². The van der Waals surface area contributed by atoms with Crippen molar-refractivity contribution >= 4 is 11.8 Å². The molecule has 25 heavy (non-hydrogen) atoms. The molecule has 2 heterocycles. The maximum Gasteiger partial charge on any atom is 0.194 e. The van der Waals surface area contributed by atoms with Gasteiger partial charge in [0.1, 0.15) is 5.82 Å². The fourth-order valence-corrected chi connectivity index (χ4v) is 2.86. The van der Waals surface area contributed by atoms with E-state index in [-0.39, 0.29) is 5.75 Å². The van der Waals surface area contributed by atoms with Gasteiger partial charge in [0.05, 0.1) is 0 Å². The number of benzene rings is 1. The van der Waals surface area contributed by atoms with Crippen molar-refractivity contribution < 1.29 is 9.50 Å². The fraction of sp³-hybridized carbons (Fsp3) is 0.333. The second-order valence-electron chi connectivity index (χ2n) is 5.85. The van der Waals surface area contributed by atoms with E-state index < -0.39 is 5.82 Å². The van der Waals surface area contributed by atoms with Gasteiger partial charge in [-0.25, -0.2) is 9.37 Å². The average molecular weight is 343 g/mol. The maximum absolute atomic E-state index is 13.4. The molecule has 6 nitrogen and oxygen atoms in total. The first kappa shape index (κ1) is 17.0. The highest BCUT2D eigenvalue weighted by atomic mass is 19.1. The molecule has 0 amide bonds. The van der Waals surface area contributed by atoms with Crippen molar-refractivity contribution in [2.24, 2.45) is 4.99 Å². The first-order valence-corrected chi connectivity index (χ1v) is 8.26. The van der Waals surface area contributed by atoms with Crippen LogP contribution >= 0.6 is 0 Å². The minimum atomic E-state index is -0.613. The van der Waals surface area contributed by atoms with Gasteiger partial charge < -0.3 is 20.2 Å². The zero-order valence-electron chi connectivity index (χ0n) is 14.2. The number of rotatable bonds is 3. The van der Waals surface area contributed by atoms with Crippen LogP contribution in [0.25, 0.3) is 0 Å². The van der Waals surface area contributed by atoms with Gasteiger partial charge in [0.2, 0.25) is 0 Å². The number of nitrogens with one attached hydrogen (secondary N) is 1. The molecule has 1 fully saturated rings. The molecule has 0 radical (unpaired) electrons. The number of guanidine groups is 1. The molecule has 0 atom stereocenters. The highest BCUT2D eigenvalue weighted by molar-refractivity contribution is 5.80. The number of pyridine rings is 1. The Morgan fingerprint density at radius 2 is 2.04 bits per heavy atom. The van der Waals surface area contributed by atoms with Gasteiger partial charge in [-0.15, -0.1) is 0 Å². The lowest BCUT2D eigenvalue weighted by atomic mass is 10.2. The van der Waals surface area contributed by atoms with Gasteiger partial charge in [0.25, 0.3) is 0 Å². The van der Waals surface area contributed by atoms with Crippen LogP contribution in [0.15, 0.2) is 47.6 Å². The molecule has 1 aromatic carbocycles. The van der Waals surface area contributed by atoms with Crippen LogP contribution in [0, 0.1) is 5.82 Å². The van der Waals surface area contributed by atoms with E-state index in [2.05, 4.69) is 25.1 Å². The van der Waals surface area contributed by atoms with E-state index >= 15 is 0 Å². The van der Waals surface area contributed by atoms with Gasteiger partial charge in [0.15, 0.2) is 17.5 Å². The minimum Gasteiger partial charge on any atom is -0.505 e. The van der Waals surface area contributed by atoms with Crippen molar-refractivity contribution in [3.05, 3.63) is 54.0 Å². The summed E-state index contributed by atoms with van der Waals surface area (Å²) in [6, 6.07) is 10.3. The molecule has 3 rings (SSSR count). The standard InChI is InChI=1S/C18H22FN5O/c1-20-18(22-13-14-5-6-16(25)15(19)12-14)24-10-8-23(9-11-24)17-4-2-3-7-21-17/h2-7,12,25H,8-11,13H2,1H3,(H,20,22). The van der Waals surface area contributed by atoms with Crippen LogP contribution < -0.4 is 10.2 Å². The molecular formula is C18H22FN5O. The number of hydrogen-bond acceptors (Lipinski definition) is 4. The Bertz CT molecular complexity index is 730. The molecule has 0 aliphatic carbocycles. The van der Waals surface area contributed by atoms with Crippen LogP contribution in [0.2, 0.25) is 0 Å². The normalized spacial score (nSPS) is 15.4. The Morgan fingerprint density at radius 1 is 1.24 bits per heavy atom. The van der Waals surface area contributed by atoms with Gasteiger partial charge in [-0.2, -0.15) is 0 Å². The quantitative estimate of drug-likeness (QED) is 0.657. The van der Waals surface area contributed by atoms with Crippen molar-refractivity contribution in [2.45, 2.75) is 6.54 Å². The summed E-state index contributed by atoms with van der Waals surface area (Å²) in [5.74, 6) is 0.829. The van der Waals surface area contributed by atoms with Gasteiger partial charge in [0, 0.05) is 46.0 Å². The molecule has 132 valence electrons. The Hall–Kier alpha value is -2.83. The molecule has 1 aromatic heterocycles. The van der Waals surface area contributed by atoms with E-state index in [9.17, 15) is 9.50 Å². The second-order valence-corrected chi connectivity index (χ2v) is 5.85. The molecule has 0 saturated carbocycles. The van der Waals surface area contributed by atoms with Crippen LogP contribution in [-0.2, 0) is 6.54 Å². The molecule has 0 unspecified atom stereocenters. The minimum absolute atomic E-state index is 0.334. The number of halogens is 1. The van der Waals surface area contributed by atoms with Crippen molar-refractivity contribution in [2.75, 3.05) is 38.1 Å². The van der Waals surface area contributed by atoms with Crippen molar-refractivity contribution in [1.29, 1.82) is 0 Å². The summed E-state index contributed by atoms with van der Waals surface area (Å²) in [6.07, 6.45) is 1.80. The number of nitrogens with zero attached hydrogens (tertiary/aromatic N) is 4. The topological polar surface area (TPSA) is 64.0 Å². The third kappa shape index (κ3) is 4.17. The summed E-state index contributed by atoms with van der Waals surface area (Å²) in [5, 5.41) is 12.5. The van der Waals surface area contributed by atoms with E-state index in [0.29, 0.717) is 6.54 Å². The third-order valence-corrected chi connectivity index (χ3v) is 4.23. The number of piperazine rings is 1. The lowest BCUT2D eigenvalue weighted by Crippen LogP contribution is -2.52. The van der Waals surface area contributed by atoms with E-state index in [0.717, 1.165) is 43.5 Å². The number of hydrogen-bond donors (Lipinski definition) is 2. The van der Waals surface area contributed by atoms with Crippen LogP contribution in [0.3, 0.4) is 0 Å². The number of phenolic OH excluding ortho intramolecular Hbond substituents is 1. The molecule has 2 aromatic rings. The SMILES string of the molecule is CN=C(NCc1ccc(O)c(F)c1)N1CCN(c2ccccn2)CC1. The predicted molar refractivity (Wildman–Crippen MR) is 96.3 cm³/mol. The number of aromatic hydroxyl groups is 1. The predicted octanol–water partition coefficient (Wildman–Crippen LogP) is 1.82. The summed E-state index contributed by atoms with van der Waals surface area (Å²) >= 11 is 0. The number of aliphatic imine (C=N–C) groups is 1. The summed E-state index contributed by atoms with van der Waals surface area (Å²) in [7, 11) is 1.74. The monoisotopic (exact) mass is 343 g/mol. The largest absolute Gasteiger partial charge is 0.505 e. The molecule has 0 spiro atoms. The van der Waals surface area contributed by atoms with E-state index in [4.69, 9.17) is 0 Å². The number of phenols is 1. The zero-order valence-corrected chi connectivity index (χ0v) is 14.2. The summed E-state index contributed by atoms with van der Waals surface area (Å²) < 4.78 is 13.4. The average Bonchev–Trinajstić information content (AvgIpc) is 2.66. The first-order chi connectivity index (χ1) is 12.2. The maximum atomic E-state index is 13.4. The zero-order chi connectivity index (χ0) is 17.6. The Labute approximate surface area is 146 Å². The summed E-state index contributed by atoms with van der Waals surface area (Å²) in [6.45, 7) is 3.85. The number of aromatic nitrogens is 1. The van der Waals surface area contributed by atoms with Crippen molar-refractivity contribution in [3.63, 3.8) is 0 Å². The Balaban J connectivity index is 1.55. The van der Waals surface area contributed by atoms with Gasteiger partial charge in [-0.1, -0.05) is 12.1 Å². The van der Waals surface area contributed by atoms with E-state index in [1.165, 1.54) is 12.1 Å². The molecule has 1 aliphatic rings. The molecule has 2 N–H and O–H groups in total. The molecule has 7 heteroatoms. The Kier molecular flexibility index (Phi) is 5.33. The van der Waals surface area contributed by atoms with Crippen LogP contribution in [-0.4, -0.2) is 54.2 Å². The third-order valence-electron chi connectivity index (χ3n) is 4.23. The highest BCUT2D eigenvalue weighted by Gasteiger charge is 2.20. The van der Waals surface area contributed by atoms with Crippen LogP contribution in [0.1, 0.15) is 5.56 Å². The highest BCUT2D eigenvalue weighted by Crippen LogP contribution is 2.16. The lowest BCUT2D eigenvalue weighted by molar-refractivity contribution is 0.371. The Morgan fingerprint density at radius 3 is 2.68 bits per heavy atom. The van der Waals surface area contributed by atoms with Gasteiger partial charge >= 0.3 is 0 Å². The van der Waals surface area contributed by atoms with Crippen LogP contribution in [0.5, 0.6) is 5.75 Å². The fourth-order valence-electron chi connectivity index (χ4n) is 2.86. The summed E-state index contributed by atoms with van der Waals surface area (Å²) in [4.78, 5) is 13.1. The molecule has 0 bridgehead atoms. The summed E-state index contributed by atoms with van der Waals surface area (Å²) in [5.41, 5.74) is 0.753. The second kappa shape index (κ2) is 7.83. The molecule has 1 saturated heterocycles. The van der Waals surface area contributed by atoms with Crippen LogP contribution in [0.4, 0.5) is 10.2 Å². The molecule has 1 aliphatic heterocycles. The molecular weight excluding hydrogens is 321 g/mol. The van der Waals surface area contributed by atoms with Gasteiger partial charge in [-0.05, 0) is 29.8 Å². The lowest BCUT2D eigenvalue weighted by Gasteiger charge is -2.37. The van der Waals surface area contributed by atoms with E-state index in [1.807, 2.05) is 18.2 Å².